The van der Waals surface area contributed by atoms with Gasteiger partial charge in [-0.3, -0.25) is 0 Å². The van der Waals surface area contributed by atoms with E-state index >= 15 is 0 Å². The summed E-state index contributed by atoms with van der Waals surface area (Å²) in [6.45, 7) is 7.40. The van der Waals surface area contributed by atoms with E-state index in [1.807, 2.05) is 13.8 Å². The molecule has 9 heteroatoms. The van der Waals surface area contributed by atoms with Crippen LogP contribution in [0.2, 0.25) is 0 Å². The fourth-order valence-corrected chi connectivity index (χ4v) is 7.82. The molecule has 3 aliphatic heterocycles. The van der Waals surface area contributed by atoms with Crippen molar-refractivity contribution in [1.29, 1.82) is 0 Å². The van der Waals surface area contributed by atoms with Crippen molar-refractivity contribution in [3.05, 3.63) is 36.0 Å². The third-order valence-corrected chi connectivity index (χ3v) is 10.2. The standard InChI is InChI=1S/C29H40O9/c1-17-9-12-35-20(18(2)30)7-5-6-8-23(31)37-21-14-22-29(34)15-19-25(38-22)28(27(21,29)4,11-10-26(19,3)33)16-36-24(32)13-17/h5-8,13,18-22,25,30,33-34H,9-12,14-16H2,1-4H3. The molecule has 1 spiro atoms. The van der Waals surface area contributed by atoms with E-state index in [2.05, 4.69) is 0 Å². The Morgan fingerprint density at radius 1 is 1.08 bits per heavy atom. The van der Waals surface area contributed by atoms with Gasteiger partial charge in [-0.05, 0) is 46.5 Å². The normalized spacial score (nSPS) is 48.0. The van der Waals surface area contributed by atoms with Gasteiger partial charge in [0, 0.05) is 35.3 Å². The Balaban J connectivity index is 1.52. The lowest BCUT2D eigenvalue weighted by Crippen LogP contribution is -2.80. The smallest absolute Gasteiger partial charge is 0.331 e. The lowest BCUT2D eigenvalue weighted by molar-refractivity contribution is -0.377. The minimum absolute atomic E-state index is 0.0222. The van der Waals surface area contributed by atoms with Gasteiger partial charge in [0.2, 0.25) is 0 Å². The molecule has 0 radical (unpaired) electrons. The van der Waals surface area contributed by atoms with E-state index in [-0.39, 0.29) is 19.1 Å². The molecule has 210 valence electrons. The Morgan fingerprint density at radius 3 is 2.58 bits per heavy atom. The first kappa shape index (κ1) is 27.5. The molecule has 6 aliphatic rings. The molecule has 3 heterocycles. The van der Waals surface area contributed by atoms with Crippen LogP contribution in [0.4, 0.5) is 0 Å². The molecule has 6 rings (SSSR count). The van der Waals surface area contributed by atoms with Crippen LogP contribution < -0.4 is 0 Å². The van der Waals surface area contributed by atoms with Crippen LogP contribution in [0.5, 0.6) is 0 Å². The van der Waals surface area contributed by atoms with Gasteiger partial charge in [0.05, 0.1) is 30.5 Å². The summed E-state index contributed by atoms with van der Waals surface area (Å²) in [5.41, 5.74) is -3.41. The third-order valence-electron chi connectivity index (χ3n) is 10.2. The van der Waals surface area contributed by atoms with Crippen LogP contribution in [0.3, 0.4) is 0 Å². The van der Waals surface area contributed by atoms with Gasteiger partial charge in [-0.25, -0.2) is 9.59 Å². The number of ether oxygens (including phenoxy) is 4. The molecule has 6 bridgehead atoms. The second-order valence-electron chi connectivity index (χ2n) is 12.3. The van der Waals surface area contributed by atoms with Gasteiger partial charge in [-0.1, -0.05) is 30.7 Å². The van der Waals surface area contributed by atoms with Crippen molar-refractivity contribution in [2.75, 3.05) is 13.2 Å². The summed E-state index contributed by atoms with van der Waals surface area (Å²) < 4.78 is 24.1. The molecule has 10 atom stereocenters. The number of aliphatic hydroxyl groups excluding tert-OH is 1. The Kier molecular flexibility index (Phi) is 6.92. The number of carbonyl (C=O) groups excluding carboxylic acids is 2. The summed E-state index contributed by atoms with van der Waals surface area (Å²) in [5, 5.41) is 33.5. The Labute approximate surface area is 223 Å². The minimum atomic E-state index is -1.35. The summed E-state index contributed by atoms with van der Waals surface area (Å²) in [4.78, 5) is 25.8. The largest absolute Gasteiger partial charge is 0.462 e. The Bertz CT molecular complexity index is 1060. The number of cyclic esters (lactones) is 1. The van der Waals surface area contributed by atoms with Crippen LogP contribution in [-0.2, 0) is 28.5 Å². The number of aliphatic hydroxyl groups is 3. The van der Waals surface area contributed by atoms with Gasteiger partial charge in [0.1, 0.15) is 24.4 Å². The maximum absolute atomic E-state index is 12.9. The Hall–Kier alpha value is -2.04. The van der Waals surface area contributed by atoms with Crippen LogP contribution in [0.1, 0.15) is 59.8 Å². The molecular weight excluding hydrogens is 492 g/mol. The average molecular weight is 533 g/mol. The molecule has 38 heavy (non-hydrogen) atoms. The average Bonchev–Trinajstić information content (AvgIpc) is 2.99. The summed E-state index contributed by atoms with van der Waals surface area (Å²) >= 11 is 0. The monoisotopic (exact) mass is 532 g/mol. The molecule has 0 aromatic carbocycles. The second kappa shape index (κ2) is 9.55. The predicted octanol–water partition coefficient (Wildman–Crippen LogP) is 2.13. The zero-order chi connectivity index (χ0) is 27.5. The maximum atomic E-state index is 12.9. The van der Waals surface area contributed by atoms with Crippen LogP contribution in [-0.4, -0.2) is 82.2 Å². The summed E-state index contributed by atoms with van der Waals surface area (Å²) in [6.07, 6.45) is 6.57. The molecule has 10 unspecified atom stereocenters. The molecule has 0 aromatic rings. The third kappa shape index (κ3) is 4.09. The van der Waals surface area contributed by atoms with Crippen LogP contribution >= 0.6 is 0 Å². The molecule has 3 N–H and O–H groups in total. The van der Waals surface area contributed by atoms with Crippen LogP contribution in [0.15, 0.2) is 36.0 Å². The SMILES string of the molecule is CC1=CC(=O)OCC23CCC(C)(O)C4CC5(O)C(CC(OC(=O)C=CC=CC(C(C)O)OCC1)C52C)OC43. The van der Waals surface area contributed by atoms with Gasteiger partial charge in [-0.15, -0.1) is 0 Å². The van der Waals surface area contributed by atoms with Crippen molar-refractivity contribution in [2.45, 2.75) is 102 Å². The predicted molar refractivity (Wildman–Crippen MR) is 136 cm³/mol. The number of carbonyl (C=O) groups is 2. The van der Waals surface area contributed by atoms with Crippen molar-refractivity contribution < 1.29 is 43.9 Å². The lowest BCUT2D eigenvalue weighted by Gasteiger charge is -2.71. The topological polar surface area (TPSA) is 132 Å². The van der Waals surface area contributed by atoms with E-state index in [0.29, 0.717) is 32.1 Å². The quantitative estimate of drug-likeness (QED) is 0.435. The molecule has 0 aromatic heterocycles. The summed E-state index contributed by atoms with van der Waals surface area (Å²) in [7, 11) is 0. The van der Waals surface area contributed by atoms with E-state index in [9.17, 15) is 24.9 Å². The van der Waals surface area contributed by atoms with Crippen molar-refractivity contribution in [2.24, 2.45) is 16.7 Å². The highest BCUT2D eigenvalue weighted by atomic mass is 16.6. The molecule has 9 nitrogen and oxygen atoms in total. The van der Waals surface area contributed by atoms with E-state index in [4.69, 9.17) is 18.9 Å². The first-order valence-corrected chi connectivity index (χ1v) is 13.6. The van der Waals surface area contributed by atoms with Crippen molar-refractivity contribution in [3.8, 4) is 0 Å². The van der Waals surface area contributed by atoms with Crippen molar-refractivity contribution in [1.82, 2.24) is 0 Å². The van der Waals surface area contributed by atoms with Crippen LogP contribution in [0, 0.1) is 16.7 Å². The van der Waals surface area contributed by atoms with Gasteiger partial charge in [0.25, 0.3) is 0 Å². The van der Waals surface area contributed by atoms with Crippen molar-refractivity contribution >= 4 is 11.9 Å². The zero-order valence-electron chi connectivity index (χ0n) is 22.6. The highest BCUT2D eigenvalue weighted by molar-refractivity contribution is 5.83. The molecule has 3 saturated carbocycles. The van der Waals surface area contributed by atoms with Gasteiger partial charge in [-0.2, -0.15) is 0 Å². The first-order valence-electron chi connectivity index (χ1n) is 13.6. The highest BCUT2D eigenvalue weighted by Gasteiger charge is 2.83. The first-order chi connectivity index (χ1) is 17.8. The van der Waals surface area contributed by atoms with E-state index < -0.39 is 64.5 Å². The summed E-state index contributed by atoms with van der Waals surface area (Å²) in [6, 6.07) is 0. The van der Waals surface area contributed by atoms with Crippen LogP contribution in [0.25, 0.3) is 0 Å². The van der Waals surface area contributed by atoms with Crippen molar-refractivity contribution in [3.63, 3.8) is 0 Å². The minimum Gasteiger partial charge on any atom is -0.462 e. The highest BCUT2D eigenvalue weighted by Crippen LogP contribution is 2.74. The van der Waals surface area contributed by atoms with Gasteiger partial charge < -0.3 is 34.3 Å². The number of allylic oxidation sites excluding steroid dienone is 2. The van der Waals surface area contributed by atoms with Gasteiger partial charge >= 0.3 is 11.9 Å². The summed E-state index contributed by atoms with van der Waals surface area (Å²) in [5.74, 6) is -1.41. The Morgan fingerprint density at radius 2 is 1.84 bits per heavy atom. The van der Waals surface area contributed by atoms with E-state index in [0.717, 1.165) is 5.57 Å². The number of rotatable bonds is 1. The molecule has 0 amide bonds. The molecule has 5 fully saturated rings. The second-order valence-corrected chi connectivity index (χ2v) is 12.3. The fourth-order valence-electron chi connectivity index (χ4n) is 7.82. The fraction of sp³-hybridized carbons (Fsp3) is 0.724. The zero-order valence-corrected chi connectivity index (χ0v) is 22.6. The maximum Gasteiger partial charge on any atom is 0.331 e. The number of hydrogen-bond donors (Lipinski definition) is 3. The van der Waals surface area contributed by atoms with Gasteiger partial charge in [0.15, 0.2) is 0 Å². The molecule has 3 aliphatic carbocycles. The lowest BCUT2D eigenvalue weighted by atomic mass is 9.40. The molecule has 2 saturated heterocycles. The van der Waals surface area contributed by atoms with E-state index in [1.54, 1.807) is 32.1 Å². The molecular formula is C29H40O9. The number of esters is 2. The number of hydrogen-bond acceptors (Lipinski definition) is 9. The van der Waals surface area contributed by atoms with E-state index in [1.165, 1.54) is 12.2 Å².